The SMILES string of the molecule is CC1(c2ccc(F)cc2)C(=O)C2CCN1CC2. The van der Waals surface area contributed by atoms with Crippen molar-refractivity contribution in [2.24, 2.45) is 5.92 Å². The summed E-state index contributed by atoms with van der Waals surface area (Å²) in [6, 6.07) is 6.37. The van der Waals surface area contributed by atoms with E-state index in [1.54, 1.807) is 12.1 Å². The molecule has 3 heterocycles. The van der Waals surface area contributed by atoms with Crippen LogP contribution in [0.15, 0.2) is 24.3 Å². The van der Waals surface area contributed by atoms with Crippen molar-refractivity contribution in [3.05, 3.63) is 35.6 Å². The summed E-state index contributed by atoms with van der Waals surface area (Å²) >= 11 is 0. The van der Waals surface area contributed by atoms with Crippen molar-refractivity contribution in [3.8, 4) is 0 Å². The van der Waals surface area contributed by atoms with Gasteiger partial charge >= 0.3 is 0 Å². The summed E-state index contributed by atoms with van der Waals surface area (Å²) in [5.74, 6) is 0.262. The monoisotopic (exact) mass is 233 g/mol. The third-order valence-corrected chi connectivity index (χ3v) is 4.38. The highest BCUT2D eigenvalue weighted by molar-refractivity contribution is 5.92. The normalized spacial score (nSPS) is 36.2. The highest BCUT2D eigenvalue weighted by atomic mass is 19.1. The first kappa shape index (κ1) is 10.9. The summed E-state index contributed by atoms with van der Waals surface area (Å²) in [7, 11) is 0. The lowest BCUT2D eigenvalue weighted by Gasteiger charge is -2.51. The number of piperidine rings is 3. The predicted octanol–water partition coefficient (Wildman–Crippen LogP) is 2.34. The van der Waals surface area contributed by atoms with Crippen LogP contribution < -0.4 is 0 Å². The molecule has 3 saturated heterocycles. The molecule has 3 heteroatoms. The van der Waals surface area contributed by atoms with Gasteiger partial charge in [-0.25, -0.2) is 4.39 Å². The van der Waals surface area contributed by atoms with E-state index in [1.807, 2.05) is 6.92 Å². The van der Waals surface area contributed by atoms with E-state index in [0.29, 0.717) is 5.78 Å². The Hall–Kier alpha value is -1.22. The zero-order valence-corrected chi connectivity index (χ0v) is 9.95. The first-order valence-electron chi connectivity index (χ1n) is 6.18. The Morgan fingerprint density at radius 2 is 1.82 bits per heavy atom. The third-order valence-electron chi connectivity index (χ3n) is 4.38. The first-order valence-corrected chi connectivity index (χ1v) is 6.18. The fourth-order valence-corrected chi connectivity index (χ4v) is 3.24. The van der Waals surface area contributed by atoms with Gasteiger partial charge in [-0.1, -0.05) is 12.1 Å². The molecule has 2 nitrogen and oxygen atoms in total. The molecule has 1 unspecified atom stereocenters. The van der Waals surface area contributed by atoms with Crippen LogP contribution >= 0.6 is 0 Å². The maximum Gasteiger partial charge on any atom is 0.160 e. The summed E-state index contributed by atoms with van der Waals surface area (Å²) in [5.41, 5.74) is 0.391. The van der Waals surface area contributed by atoms with Gasteiger partial charge in [0.25, 0.3) is 0 Å². The van der Waals surface area contributed by atoms with Gasteiger partial charge in [0, 0.05) is 19.0 Å². The van der Waals surface area contributed by atoms with Gasteiger partial charge < -0.3 is 0 Å². The van der Waals surface area contributed by atoms with E-state index < -0.39 is 5.54 Å². The molecule has 0 aliphatic carbocycles. The maximum atomic E-state index is 13.0. The van der Waals surface area contributed by atoms with Crippen LogP contribution in [0.4, 0.5) is 4.39 Å². The molecule has 0 saturated carbocycles. The average Bonchev–Trinajstić information content (AvgIpc) is 2.36. The van der Waals surface area contributed by atoms with Crippen molar-refractivity contribution in [1.82, 2.24) is 4.90 Å². The van der Waals surface area contributed by atoms with Crippen molar-refractivity contribution in [2.75, 3.05) is 13.1 Å². The van der Waals surface area contributed by atoms with Crippen LogP contribution in [0.2, 0.25) is 0 Å². The van der Waals surface area contributed by atoms with Crippen LogP contribution in [0.3, 0.4) is 0 Å². The molecule has 0 radical (unpaired) electrons. The van der Waals surface area contributed by atoms with Gasteiger partial charge in [-0.05, 0) is 37.5 Å². The zero-order chi connectivity index (χ0) is 12.0. The van der Waals surface area contributed by atoms with Crippen molar-refractivity contribution in [2.45, 2.75) is 25.3 Å². The van der Waals surface area contributed by atoms with Crippen LogP contribution in [0, 0.1) is 11.7 Å². The lowest BCUT2D eigenvalue weighted by Crippen LogP contribution is -2.61. The molecule has 0 N–H and O–H groups in total. The molecule has 3 fully saturated rings. The van der Waals surface area contributed by atoms with Crippen molar-refractivity contribution >= 4 is 5.78 Å². The van der Waals surface area contributed by atoms with E-state index in [1.165, 1.54) is 12.1 Å². The van der Waals surface area contributed by atoms with Crippen LogP contribution in [0.5, 0.6) is 0 Å². The van der Waals surface area contributed by atoms with Crippen LogP contribution in [-0.2, 0) is 10.3 Å². The summed E-state index contributed by atoms with van der Waals surface area (Å²) < 4.78 is 13.0. The zero-order valence-electron chi connectivity index (χ0n) is 9.95. The molecule has 1 aromatic rings. The van der Waals surface area contributed by atoms with Gasteiger partial charge in [-0.15, -0.1) is 0 Å². The number of Topliss-reactive ketones (excluding diaryl/α,β-unsaturated/α-hetero) is 1. The van der Waals surface area contributed by atoms with Crippen LogP contribution in [-0.4, -0.2) is 23.8 Å². The number of carbonyl (C=O) groups excluding carboxylic acids is 1. The number of rotatable bonds is 1. The number of carbonyl (C=O) groups is 1. The highest BCUT2D eigenvalue weighted by Gasteiger charge is 2.50. The number of hydrogen-bond acceptors (Lipinski definition) is 2. The molecular formula is C14H16FNO. The Balaban J connectivity index is 2.05. The molecular weight excluding hydrogens is 217 g/mol. The quantitative estimate of drug-likeness (QED) is 0.742. The molecule has 17 heavy (non-hydrogen) atoms. The second-order valence-electron chi connectivity index (χ2n) is 5.20. The topological polar surface area (TPSA) is 20.3 Å². The van der Waals surface area contributed by atoms with Gasteiger partial charge in [-0.2, -0.15) is 0 Å². The molecule has 3 aliphatic rings. The van der Waals surface area contributed by atoms with Crippen molar-refractivity contribution in [3.63, 3.8) is 0 Å². The van der Waals surface area contributed by atoms with Crippen molar-refractivity contribution < 1.29 is 9.18 Å². The molecule has 4 rings (SSSR count). The number of halogens is 1. The van der Waals surface area contributed by atoms with E-state index in [9.17, 15) is 9.18 Å². The molecule has 3 aliphatic heterocycles. The molecule has 0 aromatic heterocycles. The molecule has 0 spiro atoms. The fourth-order valence-electron chi connectivity index (χ4n) is 3.24. The largest absolute Gasteiger partial charge is 0.297 e. The van der Waals surface area contributed by atoms with E-state index in [4.69, 9.17) is 0 Å². The van der Waals surface area contributed by atoms with E-state index in [0.717, 1.165) is 31.5 Å². The summed E-state index contributed by atoms with van der Waals surface area (Å²) in [4.78, 5) is 14.7. The Labute approximate surface area is 100 Å². The minimum atomic E-state index is -0.533. The average molecular weight is 233 g/mol. The van der Waals surface area contributed by atoms with Crippen molar-refractivity contribution in [1.29, 1.82) is 0 Å². The van der Waals surface area contributed by atoms with E-state index >= 15 is 0 Å². The van der Waals surface area contributed by atoms with Gasteiger partial charge in [0.05, 0.1) is 0 Å². The van der Waals surface area contributed by atoms with E-state index in [-0.39, 0.29) is 11.7 Å². The second kappa shape index (κ2) is 3.64. The minimum Gasteiger partial charge on any atom is -0.297 e. The molecule has 2 bridgehead atoms. The van der Waals surface area contributed by atoms with Gasteiger partial charge in [0.2, 0.25) is 0 Å². The smallest absolute Gasteiger partial charge is 0.160 e. The molecule has 1 aromatic carbocycles. The van der Waals surface area contributed by atoms with Gasteiger partial charge in [-0.3, -0.25) is 9.69 Å². The molecule has 90 valence electrons. The van der Waals surface area contributed by atoms with Crippen LogP contribution in [0.1, 0.15) is 25.3 Å². The fraction of sp³-hybridized carbons (Fsp3) is 0.500. The minimum absolute atomic E-state index is 0.204. The number of benzene rings is 1. The number of ketones is 1. The first-order chi connectivity index (χ1) is 8.12. The lowest BCUT2D eigenvalue weighted by atomic mass is 9.71. The highest BCUT2D eigenvalue weighted by Crippen LogP contribution is 2.42. The number of fused-ring (bicyclic) bond motifs is 3. The molecule has 0 amide bonds. The number of hydrogen-bond donors (Lipinski definition) is 0. The Morgan fingerprint density at radius 3 is 2.35 bits per heavy atom. The maximum absolute atomic E-state index is 13.0. The van der Waals surface area contributed by atoms with Gasteiger partial charge in [0.15, 0.2) is 5.78 Å². The number of nitrogens with zero attached hydrogens (tertiary/aromatic N) is 1. The standard InChI is InChI=1S/C14H16FNO/c1-14(11-2-4-12(15)5-3-11)13(17)10-6-8-16(14)9-7-10/h2-5,10H,6-9H2,1H3. The lowest BCUT2D eigenvalue weighted by molar-refractivity contribution is -0.147. The Morgan fingerprint density at radius 1 is 1.24 bits per heavy atom. The summed E-state index contributed by atoms with van der Waals surface area (Å²) in [6.45, 7) is 3.93. The summed E-state index contributed by atoms with van der Waals surface area (Å²) in [6.07, 6.45) is 1.96. The Bertz CT molecular complexity index is 448. The van der Waals surface area contributed by atoms with Gasteiger partial charge in [0.1, 0.15) is 11.4 Å². The second-order valence-corrected chi connectivity index (χ2v) is 5.20. The third kappa shape index (κ3) is 1.45. The van der Waals surface area contributed by atoms with Crippen LogP contribution in [0.25, 0.3) is 0 Å². The predicted molar refractivity (Wildman–Crippen MR) is 63.1 cm³/mol. The van der Waals surface area contributed by atoms with E-state index in [2.05, 4.69) is 4.90 Å². The Kier molecular flexibility index (Phi) is 2.33. The summed E-state index contributed by atoms with van der Waals surface area (Å²) in [5, 5.41) is 0. The molecule has 1 atom stereocenters.